The first-order chi connectivity index (χ1) is 50.5. The highest BCUT2D eigenvalue weighted by Gasteiger charge is 2.60. The van der Waals surface area contributed by atoms with Crippen molar-refractivity contribution >= 4 is 41.8 Å². The van der Waals surface area contributed by atoms with Crippen LogP contribution >= 0.6 is 0 Å². The molecule has 5 aliphatic heterocycles. The van der Waals surface area contributed by atoms with Gasteiger partial charge in [-0.3, -0.25) is 28.8 Å². The molecular weight excluding hydrogens is 1380 g/mol. The summed E-state index contributed by atoms with van der Waals surface area (Å²) in [5.41, 5.74) is 2.88. The van der Waals surface area contributed by atoms with Gasteiger partial charge in [0.05, 0.1) is 56.9 Å². The van der Waals surface area contributed by atoms with Crippen LogP contribution in [0.3, 0.4) is 0 Å². The molecule has 0 amide bonds. The van der Waals surface area contributed by atoms with E-state index < -0.39 is 202 Å². The van der Waals surface area contributed by atoms with Gasteiger partial charge in [0.15, 0.2) is 68.1 Å². The molecule has 5 fully saturated rings. The molecule has 5 aliphatic rings. The molecule has 2 N–H and O–H groups in total. The molecule has 0 radical (unpaired) electrons. The van der Waals surface area contributed by atoms with Gasteiger partial charge in [-0.15, -0.1) is 0 Å². The fraction of sp³-hybridized carbons (Fsp3) is 0.513. The van der Waals surface area contributed by atoms with Gasteiger partial charge in [-0.1, -0.05) is 140 Å². The largest absolute Gasteiger partial charge is 0.459 e. The summed E-state index contributed by atoms with van der Waals surface area (Å²) in [7, 11) is 0. The highest BCUT2D eigenvalue weighted by Crippen LogP contribution is 2.41. The molecule has 0 saturated carbocycles. The van der Waals surface area contributed by atoms with Crippen LogP contribution in [0.15, 0.2) is 152 Å². The maximum Gasteiger partial charge on any atom is 0.338 e. The summed E-state index contributed by atoms with van der Waals surface area (Å²) in [4.78, 5) is 92.5. The zero-order valence-corrected chi connectivity index (χ0v) is 59.4. The van der Waals surface area contributed by atoms with Crippen LogP contribution in [0.4, 0.5) is 0 Å². The molecule has 568 valence electrons. The third-order valence-electron chi connectivity index (χ3n) is 17.7. The van der Waals surface area contributed by atoms with E-state index in [2.05, 4.69) is 0 Å². The van der Waals surface area contributed by atoms with Crippen molar-refractivity contribution in [3.63, 3.8) is 0 Å². The molecule has 0 aromatic heterocycles. The van der Waals surface area contributed by atoms with Gasteiger partial charge in [0.2, 0.25) is 0 Å². The van der Waals surface area contributed by atoms with Gasteiger partial charge in [-0.25, -0.2) is 4.79 Å². The monoisotopic (exact) mass is 1470 g/mol. The Hall–Kier alpha value is -8.21. The highest BCUT2D eigenvalue weighted by molar-refractivity contribution is 5.89. The Morgan fingerprint density at radius 2 is 0.733 bits per heavy atom. The van der Waals surface area contributed by atoms with Crippen LogP contribution in [0, 0.1) is 0 Å². The molecule has 29 heteroatoms. The number of aliphatic hydroxyl groups excluding tert-OH is 2. The number of aliphatic hydroxyl groups is 2. The Kier molecular flexibility index (Phi) is 28.6. The number of rotatable bonds is 29. The Labute approximate surface area is 606 Å². The van der Waals surface area contributed by atoms with E-state index in [0.717, 1.165) is 52.7 Å². The van der Waals surface area contributed by atoms with Crippen molar-refractivity contribution in [3.05, 3.63) is 179 Å². The smallest absolute Gasteiger partial charge is 0.338 e. The molecule has 0 aliphatic carbocycles. The van der Waals surface area contributed by atoms with E-state index >= 15 is 0 Å². The minimum atomic E-state index is -1.93. The lowest BCUT2D eigenvalue weighted by Gasteiger charge is -2.52. The highest BCUT2D eigenvalue weighted by atomic mass is 16.8. The van der Waals surface area contributed by atoms with Crippen molar-refractivity contribution in [3.8, 4) is 0 Å². The van der Waals surface area contributed by atoms with E-state index in [1.165, 1.54) is 19.1 Å². The number of benzene rings is 5. The Bertz CT molecular complexity index is 3540. The number of esters is 7. The first-order valence-electron chi connectivity index (χ1n) is 34.6. The van der Waals surface area contributed by atoms with E-state index in [9.17, 15) is 43.8 Å². The van der Waals surface area contributed by atoms with E-state index in [1.807, 2.05) is 66.7 Å². The van der Waals surface area contributed by atoms with Crippen molar-refractivity contribution in [2.75, 3.05) is 13.2 Å². The molecule has 0 bridgehead atoms. The third-order valence-corrected chi connectivity index (χ3v) is 17.7. The van der Waals surface area contributed by atoms with Crippen molar-refractivity contribution in [1.29, 1.82) is 0 Å². The second kappa shape index (κ2) is 37.9. The van der Waals surface area contributed by atoms with Crippen molar-refractivity contribution in [2.45, 2.75) is 236 Å². The minimum absolute atomic E-state index is 0.0105. The molecule has 0 unspecified atom stereocenters. The van der Waals surface area contributed by atoms with E-state index in [-0.39, 0.29) is 32.0 Å². The summed E-state index contributed by atoms with van der Waals surface area (Å²) in [6.07, 6.45) is -36.9. The van der Waals surface area contributed by atoms with Gasteiger partial charge in [-0.05, 0) is 55.2 Å². The summed E-state index contributed by atoms with van der Waals surface area (Å²) in [5, 5.41) is 25.0. The molecule has 29 nitrogen and oxygen atoms in total. The molecule has 10 rings (SSSR count). The molecule has 5 heterocycles. The fourth-order valence-corrected chi connectivity index (χ4v) is 13.1. The molecule has 5 aromatic rings. The predicted molar refractivity (Wildman–Crippen MR) is 359 cm³/mol. The minimum Gasteiger partial charge on any atom is -0.459 e. The number of carbonyl (C=O) groups excluding carboxylic acids is 7. The van der Waals surface area contributed by atoms with Crippen LogP contribution in [0.25, 0.3) is 0 Å². The molecule has 24 atom stereocenters. The zero-order chi connectivity index (χ0) is 74.8. The maximum absolute atomic E-state index is 14.3. The first kappa shape index (κ1) is 79.4. The summed E-state index contributed by atoms with van der Waals surface area (Å²) >= 11 is 0. The fourth-order valence-electron chi connectivity index (χ4n) is 13.1. The topological polar surface area (TPSA) is 345 Å². The first-order valence-corrected chi connectivity index (χ1v) is 34.6. The average molecular weight is 1470 g/mol. The van der Waals surface area contributed by atoms with Crippen LogP contribution in [-0.4, -0.2) is 213 Å². The predicted octanol–water partition coefficient (Wildman–Crippen LogP) is 5.98. The lowest BCUT2D eigenvalue weighted by atomic mass is 9.95. The lowest BCUT2D eigenvalue weighted by molar-refractivity contribution is -0.405. The van der Waals surface area contributed by atoms with E-state index in [0.29, 0.717) is 11.1 Å². The summed E-state index contributed by atoms with van der Waals surface area (Å²) in [6, 6.07) is 44.2. The Balaban J connectivity index is 1.10. The lowest BCUT2D eigenvalue weighted by Crippen LogP contribution is -2.69. The van der Waals surface area contributed by atoms with Crippen LogP contribution in [0.5, 0.6) is 0 Å². The summed E-state index contributed by atoms with van der Waals surface area (Å²) in [5.74, 6) is -6.13. The number of carbonyl (C=O) groups is 7. The van der Waals surface area contributed by atoms with Gasteiger partial charge in [0, 0.05) is 41.5 Å². The van der Waals surface area contributed by atoms with Crippen LogP contribution in [-0.2, 0) is 150 Å². The van der Waals surface area contributed by atoms with Gasteiger partial charge >= 0.3 is 41.8 Å². The molecule has 5 aromatic carbocycles. The van der Waals surface area contributed by atoms with Crippen LogP contribution in [0.2, 0.25) is 0 Å². The third kappa shape index (κ3) is 21.5. The Morgan fingerprint density at radius 3 is 1.25 bits per heavy atom. The quantitative estimate of drug-likeness (QED) is 0.0410. The van der Waals surface area contributed by atoms with Gasteiger partial charge in [-0.2, -0.15) is 0 Å². The van der Waals surface area contributed by atoms with Gasteiger partial charge in [0.25, 0.3) is 0 Å². The normalized spacial score (nSPS) is 32.5. The number of ether oxygens (including phenoxy) is 20. The van der Waals surface area contributed by atoms with Gasteiger partial charge < -0.3 is 105 Å². The molecule has 105 heavy (non-hydrogen) atoms. The summed E-state index contributed by atoms with van der Waals surface area (Å²) in [6.45, 7) is 9.61. The Morgan fingerprint density at radius 1 is 0.352 bits per heavy atom. The number of hydrogen-bond acceptors (Lipinski definition) is 29. The van der Waals surface area contributed by atoms with Crippen LogP contribution in [0.1, 0.15) is 94.9 Å². The van der Waals surface area contributed by atoms with E-state index in [1.54, 1.807) is 86.6 Å². The standard InChI is InChI=1S/C76H90O29/c1-41-58(86-35-50-25-15-10-16-26-50)65(67(72(85)92-41)89-38-53-31-21-13-22-32-53)104-73-57(83)63(87-36-51-27-17-11-18-28-51)59(42(2)93-73)102-76-69(105-74-68(99-48(8)81)62(97-46(6)79)55(40-91-74)95-44(4)77)64(88-37-52-29-19-12-20-30-52)61(56(101-76)39-90-71(84)54-33-23-14-24-34-54)103-75-70(100-49(9)82)66(98-47(7)80)60(43(3)94-75)96-45(5)78/h10-34,41-43,55-70,72-76,83,85H,35-40H2,1-9H3/t41-,42-,43-,55-,56-,57-,58-,59-,60+,61-,62+,63-,64+,65+,66+,67-,68-,69-,70-,72-,73+,74+,75+,76-/m1/s1. The molecule has 0 spiro atoms. The molecular formula is C76H90O29. The second-order valence-electron chi connectivity index (χ2n) is 25.8. The van der Waals surface area contributed by atoms with Crippen LogP contribution < -0.4 is 0 Å². The van der Waals surface area contributed by atoms with Crippen molar-refractivity contribution in [1.82, 2.24) is 0 Å². The van der Waals surface area contributed by atoms with Crippen molar-refractivity contribution < 1.29 is 139 Å². The van der Waals surface area contributed by atoms with E-state index in [4.69, 9.17) is 94.7 Å². The average Bonchev–Trinajstić information content (AvgIpc) is 0.757. The summed E-state index contributed by atoms with van der Waals surface area (Å²) < 4.78 is 129. The second-order valence-corrected chi connectivity index (χ2v) is 25.8. The van der Waals surface area contributed by atoms with Gasteiger partial charge in [0.1, 0.15) is 67.6 Å². The SMILES string of the molecule is CC(=O)O[C@H]1[C@@H](OC(C)=O)[C@@H](C)O[C@@H](O[C@H]2[C@H](OCc3ccccc3)[C@@H](O[C@@H]3OC[C@@H](OC(C)=O)[C@H](OC(C)=O)[C@H]3OC(C)=O)[C@@H](O[C@H]3[C@H](OCc4ccccc4)[C@@H](O)[C@H](O[C@@H]4[C@@H](OCc5ccccc5)[C@H](O)O[C@H](C)[C@H]4OCc4ccccc4)O[C@@H]3C)O[C@@H]2COC(=O)c2ccccc2)[C@@H]1OC(C)=O. The zero-order valence-electron chi connectivity index (χ0n) is 59.4. The number of hydrogen-bond donors (Lipinski definition) is 2. The van der Waals surface area contributed by atoms with Crippen molar-refractivity contribution in [2.24, 2.45) is 0 Å². The molecule has 5 saturated heterocycles. The maximum atomic E-state index is 14.3.